The molecule has 4 heterocycles. The molecule has 0 fully saturated rings. The highest BCUT2D eigenvalue weighted by molar-refractivity contribution is 7.88. The predicted molar refractivity (Wildman–Crippen MR) is 268 cm³/mol. The van der Waals surface area contributed by atoms with Gasteiger partial charge in [0, 0.05) is 65.3 Å². The summed E-state index contributed by atoms with van der Waals surface area (Å²) >= 11 is 0. The van der Waals surface area contributed by atoms with Crippen LogP contribution in [0.25, 0.3) is 110 Å². The number of halogens is 3. The lowest BCUT2D eigenvalue weighted by atomic mass is 9.86. The van der Waals surface area contributed by atoms with Gasteiger partial charge in [-0.15, -0.1) is 0 Å². The summed E-state index contributed by atoms with van der Waals surface area (Å²) in [6.45, 7) is 12.9. The fraction of sp³-hybridized carbons (Fsp3) is 0.158. The van der Waals surface area contributed by atoms with Gasteiger partial charge in [-0.2, -0.15) is 21.6 Å². The number of alkyl halides is 3. The Balaban J connectivity index is 0.000000154. The fourth-order valence-electron chi connectivity index (χ4n) is 9.30. The van der Waals surface area contributed by atoms with Gasteiger partial charge < -0.3 is 27.0 Å². The van der Waals surface area contributed by atoms with Crippen molar-refractivity contribution in [1.29, 1.82) is 0 Å². The van der Waals surface area contributed by atoms with E-state index in [0.29, 0.717) is 38.7 Å². The lowest BCUT2D eigenvalue weighted by molar-refractivity contribution is -0.0499. The summed E-state index contributed by atoms with van der Waals surface area (Å²) in [6.07, 6.45) is 0. The normalized spacial score (nSPS) is 12.9. The minimum absolute atomic E-state index is 0.0506. The van der Waals surface area contributed by atoms with E-state index in [1.165, 1.54) is 17.7 Å². The number of phenolic OH excluding ortho intramolecular Hbond substituents is 1. The minimum atomic E-state index is -5.95. The van der Waals surface area contributed by atoms with E-state index in [9.17, 15) is 26.7 Å². The topological polar surface area (TPSA) is 116 Å². The van der Waals surface area contributed by atoms with E-state index in [2.05, 4.69) is 59.7 Å². The van der Waals surface area contributed by atoms with E-state index in [4.69, 9.17) is 21.9 Å². The minimum Gasteiger partial charge on any atom is -0.507 e. The van der Waals surface area contributed by atoms with Gasteiger partial charge in [-0.1, -0.05) is 126 Å². The molecule has 1 N–H and O–H groups in total. The molecule has 0 radical (unpaired) electrons. The Morgan fingerprint density at radius 3 is 1.36 bits per heavy atom. The first-order chi connectivity index (χ1) is 32.8. The third kappa shape index (κ3) is 7.24. The molecule has 0 bridgehead atoms. The first-order valence-electron chi connectivity index (χ1n) is 22.3. The van der Waals surface area contributed by atoms with Gasteiger partial charge >= 0.3 is 15.6 Å². The molecular formula is C57H43F3O8S. The molecule has 0 unspecified atom stereocenters. The molecule has 4 aromatic heterocycles. The van der Waals surface area contributed by atoms with Crippen molar-refractivity contribution < 1.29 is 48.5 Å². The Kier molecular flexibility index (Phi) is 9.79. The summed E-state index contributed by atoms with van der Waals surface area (Å²) in [4.78, 5) is 0. The zero-order valence-corrected chi connectivity index (χ0v) is 39.0. The Bertz CT molecular complexity index is 4150. The van der Waals surface area contributed by atoms with E-state index in [1.807, 2.05) is 72.8 Å². The molecule has 0 aliphatic heterocycles. The van der Waals surface area contributed by atoms with Crippen LogP contribution in [0.5, 0.6) is 11.5 Å². The summed E-state index contributed by atoms with van der Waals surface area (Å²) < 4.78 is 93.5. The van der Waals surface area contributed by atoms with Crippen molar-refractivity contribution in [3.8, 4) is 33.8 Å². The number of fused-ring (bicyclic) bond motifs is 12. The second-order valence-electron chi connectivity index (χ2n) is 19.3. The van der Waals surface area contributed by atoms with Crippen LogP contribution < -0.4 is 4.18 Å². The van der Waals surface area contributed by atoms with Crippen molar-refractivity contribution in [3.63, 3.8) is 0 Å². The smallest absolute Gasteiger partial charge is 0.507 e. The SMILES string of the molecule is CC(C)(C)c1ccc2oc3c(-c4c(O)ccc5oc6ccccc6c45)cccc3c2c1.CC(C)(C)c1ccc2oc3c(-c4c(OS(=O)(=O)C(F)(F)F)ccc5oc6ccccc6c45)cccc3c2c1. The number of hydrogen-bond donors (Lipinski definition) is 1. The van der Waals surface area contributed by atoms with Crippen LogP contribution in [0.4, 0.5) is 13.2 Å². The number of para-hydroxylation sites is 4. The fourth-order valence-corrected chi connectivity index (χ4v) is 9.77. The van der Waals surface area contributed by atoms with E-state index < -0.39 is 21.4 Å². The van der Waals surface area contributed by atoms with E-state index in [-0.39, 0.29) is 22.1 Å². The molecule has 0 spiro atoms. The number of aromatic hydroxyl groups is 1. The van der Waals surface area contributed by atoms with Crippen molar-refractivity contribution in [2.75, 3.05) is 0 Å². The first kappa shape index (κ1) is 43.8. The molecule has 0 aliphatic carbocycles. The van der Waals surface area contributed by atoms with Gasteiger partial charge in [0.05, 0.1) is 0 Å². The Morgan fingerprint density at radius 2 is 0.870 bits per heavy atom. The standard InChI is InChI=1S/C29H21F3O5S.C28H22O3/c1-28(2,3)16-11-12-22-20(15-16)17-8-6-9-19(27(17)36-22)26-24(37-38(33,34)29(30,31)32)14-13-23-25(26)18-7-4-5-10-21(18)35-23;1-28(2,3)16-11-13-23-20(15-16)17-8-6-9-19(27(17)31-23)25-21(29)12-14-24-26(25)18-7-4-5-10-22(18)30-24/h4-15H,1-3H3;4-15,29H,1-3H3. The highest BCUT2D eigenvalue weighted by Crippen LogP contribution is 2.49. The number of hydrogen-bond acceptors (Lipinski definition) is 8. The molecule has 12 heteroatoms. The van der Waals surface area contributed by atoms with Gasteiger partial charge in [-0.05, 0) is 82.6 Å². The molecule has 12 rings (SSSR count). The number of furan rings is 4. The maximum absolute atomic E-state index is 13.3. The average Bonchev–Trinajstić information content (AvgIpc) is 4.08. The average molecular weight is 945 g/mol. The lowest BCUT2D eigenvalue weighted by Crippen LogP contribution is -2.28. The molecule has 0 aliphatic rings. The highest BCUT2D eigenvalue weighted by Gasteiger charge is 2.49. The maximum atomic E-state index is 13.3. The third-order valence-corrected chi connectivity index (χ3v) is 13.7. The molecule has 0 saturated heterocycles. The Morgan fingerprint density at radius 1 is 0.449 bits per heavy atom. The second kappa shape index (κ2) is 15.4. The highest BCUT2D eigenvalue weighted by atomic mass is 32.2. The molecular weight excluding hydrogens is 902 g/mol. The van der Waals surface area contributed by atoms with Crippen LogP contribution in [-0.2, 0) is 20.9 Å². The molecule has 0 atom stereocenters. The zero-order valence-electron chi connectivity index (χ0n) is 38.2. The van der Waals surface area contributed by atoms with Crippen molar-refractivity contribution in [2.45, 2.75) is 57.9 Å². The zero-order chi connectivity index (χ0) is 48.4. The number of benzene rings is 8. The van der Waals surface area contributed by atoms with Gasteiger partial charge in [0.15, 0.2) is 5.75 Å². The van der Waals surface area contributed by atoms with Crippen molar-refractivity contribution >= 4 is 97.9 Å². The van der Waals surface area contributed by atoms with Gasteiger partial charge in [0.1, 0.15) is 50.4 Å². The van der Waals surface area contributed by atoms with E-state index in [1.54, 1.807) is 42.5 Å². The summed E-state index contributed by atoms with van der Waals surface area (Å²) in [7, 11) is -5.95. The monoisotopic (exact) mass is 944 g/mol. The van der Waals surface area contributed by atoms with Gasteiger partial charge in [-0.25, -0.2) is 0 Å². The van der Waals surface area contributed by atoms with E-state index >= 15 is 0 Å². The maximum Gasteiger partial charge on any atom is 0.534 e. The molecule has 69 heavy (non-hydrogen) atoms. The largest absolute Gasteiger partial charge is 0.534 e. The van der Waals surface area contributed by atoms with Crippen LogP contribution in [0, 0.1) is 0 Å². The number of rotatable bonds is 4. The van der Waals surface area contributed by atoms with Crippen molar-refractivity contribution in [2.24, 2.45) is 0 Å². The van der Waals surface area contributed by atoms with E-state index in [0.717, 1.165) is 71.3 Å². The third-order valence-electron chi connectivity index (χ3n) is 12.8. The van der Waals surface area contributed by atoms with Crippen LogP contribution in [-0.4, -0.2) is 19.0 Å². The van der Waals surface area contributed by atoms with Crippen LogP contribution in [0.2, 0.25) is 0 Å². The predicted octanol–water partition coefficient (Wildman–Crippen LogP) is 16.8. The molecule has 0 amide bonds. The quantitative estimate of drug-likeness (QED) is 0.137. The van der Waals surface area contributed by atoms with Gasteiger partial charge in [-0.3, -0.25) is 0 Å². The first-order valence-corrected chi connectivity index (χ1v) is 23.7. The summed E-state index contributed by atoms with van der Waals surface area (Å²) in [5.41, 5.74) is 3.78. The van der Waals surface area contributed by atoms with Crippen LogP contribution in [0.1, 0.15) is 52.7 Å². The number of phenols is 1. The molecule has 346 valence electrons. The van der Waals surface area contributed by atoms with Crippen molar-refractivity contribution in [3.05, 3.63) is 157 Å². The van der Waals surface area contributed by atoms with Crippen LogP contribution >= 0.6 is 0 Å². The van der Waals surface area contributed by atoms with Gasteiger partial charge in [0.25, 0.3) is 0 Å². The van der Waals surface area contributed by atoms with Gasteiger partial charge in [0.2, 0.25) is 0 Å². The Hall–Kier alpha value is -7.70. The summed E-state index contributed by atoms with van der Waals surface area (Å²) in [5.74, 6) is -0.271. The van der Waals surface area contributed by atoms with Crippen molar-refractivity contribution in [1.82, 2.24) is 0 Å². The molecule has 8 aromatic carbocycles. The summed E-state index contributed by atoms with van der Waals surface area (Å²) in [5, 5.41) is 17.5. The molecule has 0 saturated carbocycles. The Labute approximate surface area is 393 Å². The molecule has 12 aromatic rings. The second-order valence-corrected chi connectivity index (χ2v) is 20.9. The van der Waals surface area contributed by atoms with Crippen LogP contribution in [0.15, 0.2) is 163 Å². The lowest BCUT2D eigenvalue weighted by Gasteiger charge is -2.18. The summed E-state index contributed by atoms with van der Waals surface area (Å²) in [6, 6.07) is 44.7. The molecule has 8 nitrogen and oxygen atoms in total. The van der Waals surface area contributed by atoms with Crippen LogP contribution in [0.3, 0.4) is 0 Å².